The van der Waals surface area contributed by atoms with Crippen LogP contribution >= 0.6 is 11.8 Å². The third-order valence-corrected chi connectivity index (χ3v) is 3.31. The summed E-state index contributed by atoms with van der Waals surface area (Å²) in [5.74, 6) is -0.750. The number of nitrogens with zero attached hydrogens (tertiary/aromatic N) is 1. The number of carboxylic acids is 2. The van der Waals surface area contributed by atoms with Crippen molar-refractivity contribution in [1.29, 1.82) is 0 Å². The van der Waals surface area contributed by atoms with Gasteiger partial charge in [0.15, 0.2) is 0 Å². The second-order valence-corrected chi connectivity index (χ2v) is 5.04. The largest absolute Gasteiger partial charge is 0.473 e. The van der Waals surface area contributed by atoms with Gasteiger partial charge in [-0.1, -0.05) is 5.16 Å². The van der Waals surface area contributed by atoms with Crippen LogP contribution < -0.4 is 5.32 Å². The Morgan fingerprint density at radius 3 is 2.29 bits per heavy atom. The standard InChI is InChI=1S/C10H18N2O2S.C2H2O4/c1-8-10(9(2)14-12-8)7-15-6-4-11-3-5-13;3-1(4)2(5)6/h11,13H,3-7H2,1-2H3;(H,3,4)(H,5,6). The first-order valence-electron chi connectivity index (χ1n) is 6.17. The summed E-state index contributed by atoms with van der Waals surface area (Å²) in [7, 11) is 0. The maximum atomic E-state index is 9.10. The summed E-state index contributed by atoms with van der Waals surface area (Å²) < 4.78 is 5.08. The number of aromatic nitrogens is 1. The molecule has 0 radical (unpaired) electrons. The molecule has 21 heavy (non-hydrogen) atoms. The molecule has 4 N–H and O–H groups in total. The molecule has 9 heteroatoms. The van der Waals surface area contributed by atoms with Crippen molar-refractivity contribution in [2.24, 2.45) is 0 Å². The number of carbonyl (C=O) groups is 2. The van der Waals surface area contributed by atoms with Gasteiger partial charge in [-0.25, -0.2) is 9.59 Å². The highest BCUT2D eigenvalue weighted by Gasteiger charge is 2.07. The molecular weight excluding hydrogens is 300 g/mol. The van der Waals surface area contributed by atoms with Crippen molar-refractivity contribution in [3.8, 4) is 0 Å². The zero-order valence-corrected chi connectivity index (χ0v) is 12.8. The number of aliphatic hydroxyl groups excluding tert-OH is 1. The molecule has 0 aromatic carbocycles. The Bertz CT molecular complexity index is 417. The number of carboxylic acid groups (broad SMARTS) is 2. The molecule has 1 aromatic heterocycles. The van der Waals surface area contributed by atoms with Gasteiger partial charge in [0.2, 0.25) is 0 Å². The summed E-state index contributed by atoms with van der Waals surface area (Å²) in [5, 5.41) is 30.4. The molecule has 0 unspecified atom stereocenters. The van der Waals surface area contributed by atoms with E-state index in [1.54, 1.807) is 0 Å². The first-order valence-corrected chi connectivity index (χ1v) is 7.32. The molecule has 0 saturated carbocycles. The molecule has 0 spiro atoms. The Kier molecular flexibility index (Phi) is 10.3. The average Bonchev–Trinajstić information content (AvgIpc) is 2.74. The van der Waals surface area contributed by atoms with Gasteiger partial charge in [-0.3, -0.25) is 0 Å². The maximum Gasteiger partial charge on any atom is 0.414 e. The van der Waals surface area contributed by atoms with Crippen LogP contribution in [-0.2, 0) is 15.3 Å². The minimum absolute atomic E-state index is 0.203. The molecule has 0 aliphatic carbocycles. The fourth-order valence-corrected chi connectivity index (χ4v) is 2.28. The molecular formula is C12H20N2O6S. The molecule has 0 amide bonds. The van der Waals surface area contributed by atoms with Crippen molar-refractivity contribution >= 4 is 23.7 Å². The average molecular weight is 320 g/mol. The fraction of sp³-hybridized carbons (Fsp3) is 0.583. The van der Waals surface area contributed by atoms with E-state index in [0.29, 0.717) is 6.54 Å². The molecule has 1 heterocycles. The van der Waals surface area contributed by atoms with Crippen LogP contribution in [0.2, 0.25) is 0 Å². The maximum absolute atomic E-state index is 9.10. The molecule has 8 nitrogen and oxygen atoms in total. The summed E-state index contributed by atoms with van der Waals surface area (Å²) in [6, 6.07) is 0. The van der Waals surface area contributed by atoms with Gasteiger partial charge >= 0.3 is 11.9 Å². The van der Waals surface area contributed by atoms with Crippen LogP contribution in [-0.4, -0.2) is 57.9 Å². The second-order valence-electron chi connectivity index (χ2n) is 3.94. The van der Waals surface area contributed by atoms with Crippen LogP contribution in [0.4, 0.5) is 0 Å². The van der Waals surface area contributed by atoms with Crippen molar-refractivity contribution in [3.05, 3.63) is 17.0 Å². The van der Waals surface area contributed by atoms with Gasteiger partial charge in [0.1, 0.15) is 5.76 Å². The highest BCUT2D eigenvalue weighted by molar-refractivity contribution is 7.98. The number of aryl methyl sites for hydroxylation is 2. The lowest BCUT2D eigenvalue weighted by Gasteiger charge is -2.02. The predicted octanol–water partition coefficient (Wildman–Crippen LogP) is 0.262. The van der Waals surface area contributed by atoms with Crippen molar-refractivity contribution < 1.29 is 29.4 Å². The lowest BCUT2D eigenvalue weighted by Crippen LogP contribution is -2.20. The van der Waals surface area contributed by atoms with Crippen molar-refractivity contribution in [1.82, 2.24) is 10.5 Å². The molecule has 0 atom stereocenters. The quantitative estimate of drug-likeness (QED) is 0.412. The summed E-state index contributed by atoms with van der Waals surface area (Å²) in [6.07, 6.45) is 0. The van der Waals surface area contributed by atoms with Crippen molar-refractivity contribution in [3.63, 3.8) is 0 Å². The molecule has 1 aromatic rings. The van der Waals surface area contributed by atoms with Gasteiger partial charge in [-0.2, -0.15) is 11.8 Å². The predicted molar refractivity (Wildman–Crippen MR) is 77.4 cm³/mol. The number of thioether (sulfide) groups is 1. The van der Waals surface area contributed by atoms with E-state index < -0.39 is 11.9 Å². The van der Waals surface area contributed by atoms with E-state index in [9.17, 15) is 0 Å². The molecule has 120 valence electrons. The van der Waals surface area contributed by atoms with E-state index in [2.05, 4.69) is 10.5 Å². The van der Waals surface area contributed by atoms with Crippen molar-refractivity contribution in [2.75, 3.05) is 25.4 Å². The topological polar surface area (TPSA) is 133 Å². The fourth-order valence-electron chi connectivity index (χ4n) is 1.23. The van der Waals surface area contributed by atoms with Gasteiger partial charge in [-0.15, -0.1) is 0 Å². The summed E-state index contributed by atoms with van der Waals surface area (Å²) >= 11 is 1.85. The normalized spacial score (nSPS) is 9.86. The summed E-state index contributed by atoms with van der Waals surface area (Å²) in [4.78, 5) is 18.2. The Labute approximate surface area is 126 Å². The van der Waals surface area contributed by atoms with E-state index in [4.69, 9.17) is 29.4 Å². The van der Waals surface area contributed by atoms with Gasteiger partial charge in [0.05, 0.1) is 12.3 Å². The van der Waals surface area contributed by atoms with Crippen LogP contribution in [0, 0.1) is 13.8 Å². The number of hydrogen-bond acceptors (Lipinski definition) is 7. The second kappa shape index (κ2) is 11.1. The third-order valence-electron chi connectivity index (χ3n) is 2.32. The molecule has 0 aliphatic rings. The highest BCUT2D eigenvalue weighted by Crippen LogP contribution is 2.18. The number of rotatable bonds is 7. The highest BCUT2D eigenvalue weighted by atomic mass is 32.2. The van der Waals surface area contributed by atoms with Crippen LogP contribution in [0.3, 0.4) is 0 Å². The monoisotopic (exact) mass is 320 g/mol. The minimum atomic E-state index is -1.82. The van der Waals surface area contributed by atoms with E-state index >= 15 is 0 Å². The molecule has 0 bridgehead atoms. The first kappa shape index (κ1) is 19.4. The molecule has 0 aliphatic heterocycles. The Morgan fingerprint density at radius 1 is 1.24 bits per heavy atom. The van der Waals surface area contributed by atoms with Crippen LogP contribution in [0.5, 0.6) is 0 Å². The van der Waals surface area contributed by atoms with Crippen molar-refractivity contribution in [2.45, 2.75) is 19.6 Å². The van der Waals surface area contributed by atoms with Crippen LogP contribution in [0.25, 0.3) is 0 Å². The molecule has 1 rings (SSSR count). The Morgan fingerprint density at radius 2 is 1.86 bits per heavy atom. The number of hydrogen-bond donors (Lipinski definition) is 4. The lowest BCUT2D eigenvalue weighted by atomic mass is 10.2. The van der Waals surface area contributed by atoms with E-state index in [1.165, 1.54) is 5.56 Å². The zero-order valence-electron chi connectivity index (χ0n) is 12.0. The third kappa shape index (κ3) is 9.05. The van der Waals surface area contributed by atoms with E-state index in [1.807, 2.05) is 25.6 Å². The first-order chi connectivity index (χ1) is 9.90. The van der Waals surface area contributed by atoms with Gasteiger partial charge in [0.25, 0.3) is 0 Å². The Balaban J connectivity index is 0.000000567. The minimum Gasteiger partial charge on any atom is -0.473 e. The van der Waals surface area contributed by atoms with Crippen LogP contribution in [0.15, 0.2) is 4.52 Å². The molecule has 0 saturated heterocycles. The van der Waals surface area contributed by atoms with Gasteiger partial charge < -0.3 is 25.2 Å². The number of nitrogens with one attached hydrogen (secondary N) is 1. The summed E-state index contributed by atoms with van der Waals surface area (Å²) in [5.41, 5.74) is 2.20. The number of aliphatic carboxylic acids is 2. The summed E-state index contributed by atoms with van der Waals surface area (Å²) in [6.45, 7) is 5.71. The SMILES string of the molecule is Cc1noc(C)c1CSCCNCCO.O=C(O)C(=O)O. The van der Waals surface area contributed by atoms with Crippen LogP contribution in [0.1, 0.15) is 17.0 Å². The smallest absolute Gasteiger partial charge is 0.414 e. The Hall–Kier alpha value is -1.58. The van der Waals surface area contributed by atoms with Gasteiger partial charge in [-0.05, 0) is 13.8 Å². The molecule has 0 fully saturated rings. The van der Waals surface area contributed by atoms with Gasteiger partial charge in [0, 0.05) is 30.2 Å². The van der Waals surface area contributed by atoms with E-state index in [0.717, 1.165) is 29.5 Å². The lowest BCUT2D eigenvalue weighted by molar-refractivity contribution is -0.159. The van der Waals surface area contributed by atoms with E-state index in [-0.39, 0.29) is 6.61 Å². The number of aliphatic hydroxyl groups is 1. The zero-order chi connectivity index (χ0) is 16.3.